The molecular formula is C13H16BBrClFN2O2. The van der Waals surface area contributed by atoms with Gasteiger partial charge in [-0.25, -0.2) is 4.39 Å². The average molecular weight is 377 g/mol. The van der Waals surface area contributed by atoms with E-state index in [0.717, 1.165) is 18.7 Å². The van der Waals surface area contributed by atoms with Gasteiger partial charge in [0.05, 0.1) is 15.5 Å². The lowest BCUT2D eigenvalue weighted by Crippen LogP contribution is -2.57. The number of piperazine rings is 1. The van der Waals surface area contributed by atoms with Gasteiger partial charge in [0.2, 0.25) is 0 Å². The van der Waals surface area contributed by atoms with E-state index in [1.807, 2.05) is 4.81 Å². The first-order valence-corrected chi connectivity index (χ1v) is 8.09. The molecule has 0 amide bonds. The Kier molecular flexibility index (Phi) is 4.48. The highest BCUT2D eigenvalue weighted by molar-refractivity contribution is 9.10. The Bertz CT molecular complexity index is 563. The van der Waals surface area contributed by atoms with Crippen LogP contribution in [0.2, 0.25) is 11.8 Å². The summed E-state index contributed by atoms with van der Waals surface area (Å²) in [4.78, 5) is 4.26. The van der Waals surface area contributed by atoms with Crippen molar-refractivity contribution >= 4 is 34.6 Å². The zero-order chi connectivity index (χ0) is 15.1. The molecule has 1 fully saturated rings. The molecule has 0 saturated carbocycles. The van der Waals surface area contributed by atoms with E-state index in [1.54, 1.807) is 12.9 Å². The van der Waals surface area contributed by atoms with E-state index >= 15 is 0 Å². The average Bonchev–Trinajstić information content (AvgIpc) is 2.63. The highest BCUT2D eigenvalue weighted by Crippen LogP contribution is 2.37. The molecule has 1 N–H and O–H groups in total. The molecule has 0 spiro atoms. The van der Waals surface area contributed by atoms with E-state index < -0.39 is 12.9 Å². The maximum absolute atomic E-state index is 14.3. The zero-order valence-corrected chi connectivity index (χ0v) is 14.0. The molecule has 3 rings (SSSR count). The molecule has 0 aromatic heterocycles. The van der Waals surface area contributed by atoms with E-state index in [2.05, 4.69) is 20.8 Å². The SMILES string of the molecule is CB(O)N1CCN2Cc3cc(Cl)c(Br)c(F)c3OC[C@H]2C1. The van der Waals surface area contributed by atoms with Gasteiger partial charge in [0.25, 0.3) is 0 Å². The minimum absolute atomic E-state index is 0.137. The monoisotopic (exact) mass is 376 g/mol. The summed E-state index contributed by atoms with van der Waals surface area (Å²) >= 11 is 9.19. The second-order valence-electron chi connectivity index (χ2n) is 5.54. The Labute approximate surface area is 137 Å². The van der Waals surface area contributed by atoms with Crippen LogP contribution in [0.25, 0.3) is 0 Å². The van der Waals surface area contributed by atoms with Crippen LogP contribution >= 0.6 is 27.5 Å². The molecule has 114 valence electrons. The molecule has 1 atom stereocenters. The van der Waals surface area contributed by atoms with Crippen molar-refractivity contribution < 1.29 is 14.2 Å². The molecule has 0 radical (unpaired) electrons. The van der Waals surface area contributed by atoms with Crippen molar-refractivity contribution in [1.82, 2.24) is 9.71 Å². The lowest BCUT2D eigenvalue weighted by molar-refractivity contribution is 0.0780. The number of benzene rings is 1. The molecule has 2 heterocycles. The second kappa shape index (κ2) is 6.04. The first-order chi connectivity index (χ1) is 9.97. The van der Waals surface area contributed by atoms with Gasteiger partial charge in [-0.3, -0.25) is 4.90 Å². The smallest absolute Gasteiger partial charge is 0.376 e. The molecule has 0 aliphatic carbocycles. The van der Waals surface area contributed by atoms with Gasteiger partial charge >= 0.3 is 7.05 Å². The third kappa shape index (κ3) is 2.94. The molecule has 21 heavy (non-hydrogen) atoms. The van der Waals surface area contributed by atoms with Crippen LogP contribution < -0.4 is 4.74 Å². The minimum atomic E-state index is -0.474. The summed E-state index contributed by atoms with van der Waals surface area (Å²) in [6.45, 7) is 5.09. The molecule has 2 aliphatic heterocycles. The van der Waals surface area contributed by atoms with Gasteiger partial charge in [-0.05, 0) is 28.8 Å². The van der Waals surface area contributed by atoms with Crippen LogP contribution in [0.3, 0.4) is 0 Å². The number of rotatable bonds is 1. The van der Waals surface area contributed by atoms with Crippen LogP contribution in [-0.4, -0.2) is 54.1 Å². The van der Waals surface area contributed by atoms with Crippen molar-refractivity contribution in [2.24, 2.45) is 0 Å². The van der Waals surface area contributed by atoms with E-state index in [0.29, 0.717) is 24.7 Å². The zero-order valence-electron chi connectivity index (χ0n) is 11.7. The van der Waals surface area contributed by atoms with E-state index in [-0.39, 0.29) is 16.3 Å². The maximum atomic E-state index is 14.3. The second-order valence-corrected chi connectivity index (χ2v) is 6.74. The first kappa shape index (κ1) is 15.6. The highest BCUT2D eigenvalue weighted by Gasteiger charge is 2.34. The van der Waals surface area contributed by atoms with Crippen LogP contribution in [0, 0.1) is 5.82 Å². The lowest BCUT2D eigenvalue weighted by atomic mass is 9.83. The van der Waals surface area contributed by atoms with Gasteiger partial charge < -0.3 is 14.6 Å². The van der Waals surface area contributed by atoms with E-state index in [1.165, 1.54) is 0 Å². The molecule has 4 nitrogen and oxygen atoms in total. The molecule has 2 aliphatic rings. The van der Waals surface area contributed by atoms with Crippen molar-refractivity contribution in [2.45, 2.75) is 19.4 Å². The summed E-state index contributed by atoms with van der Waals surface area (Å²) < 4.78 is 20.2. The van der Waals surface area contributed by atoms with Crippen LogP contribution in [0.5, 0.6) is 5.75 Å². The molecule has 1 aromatic rings. The van der Waals surface area contributed by atoms with Crippen molar-refractivity contribution in [3.05, 3.63) is 26.9 Å². The van der Waals surface area contributed by atoms with Gasteiger partial charge in [0.1, 0.15) is 6.61 Å². The number of fused-ring (bicyclic) bond motifs is 2. The quantitative estimate of drug-likeness (QED) is 0.602. The normalized spacial score (nSPS) is 23.0. The van der Waals surface area contributed by atoms with Crippen molar-refractivity contribution in [2.75, 3.05) is 26.2 Å². The van der Waals surface area contributed by atoms with Gasteiger partial charge in [0.15, 0.2) is 11.6 Å². The van der Waals surface area contributed by atoms with E-state index in [9.17, 15) is 9.41 Å². The Balaban J connectivity index is 1.87. The number of halogens is 3. The number of hydrogen-bond acceptors (Lipinski definition) is 4. The highest BCUT2D eigenvalue weighted by atomic mass is 79.9. The third-order valence-corrected chi connectivity index (χ3v) is 5.45. The summed E-state index contributed by atoms with van der Waals surface area (Å²) in [5.41, 5.74) is 0.772. The number of hydrogen-bond donors (Lipinski definition) is 1. The number of nitrogens with zero attached hydrogens (tertiary/aromatic N) is 2. The Hall–Kier alpha value is -0.335. The molecule has 1 saturated heterocycles. The van der Waals surface area contributed by atoms with Crippen molar-refractivity contribution in [1.29, 1.82) is 0 Å². The lowest BCUT2D eigenvalue weighted by Gasteiger charge is -2.40. The molecule has 0 unspecified atom stereocenters. The number of ether oxygens (including phenoxy) is 1. The summed E-state index contributed by atoms with van der Waals surface area (Å²) in [5, 5.41) is 10.1. The Morgan fingerprint density at radius 3 is 3.00 bits per heavy atom. The minimum Gasteiger partial charge on any atom is -0.488 e. The van der Waals surface area contributed by atoms with Gasteiger partial charge in [0, 0.05) is 31.7 Å². The Morgan fingerprint density at radius 1 is 1.52 bits per heavy atom. The van der Waals surface area contributed by atoms with Crippen molar-refractivity contribution in [3.8, 4) is 5.75 Å². The summed E-state index contributed by atoms with van der Waals surface area (Å²) in [6.07, 6.45) is 0. The summed E-state index contributed by atoms with van der Waals surface area (Å²) in [6, 6.07) is 1.89. The first-order valence-electron chi connectivity index (χ1n) is 6.92. The fourth-order valence-electron chi connectivity index (χ4n) is 2.92. The fourth-order valence-corrected chi connectivity index (χ4v) is 3.43. The fraction of sp³-hybridized carbons (Fsp3) is 0.538. The topological polar surface area (TPSA) is 35.9 Å². The largest absolute Gasteiger partial charge is 0.488 e. The van der Waals surface area contributed by atoms with Gasteiger partial charge in [-0.15, -0.1) is 0 Å². The Morgan fingerprint density at radius 2 is 2.29 bits per heavy atom. The van der Waals surface area contributed by atoms with Crippen molar-refractivity contribution in [3.63, 3.8) is 0 Å². The van der Waals surface area contributed by atoms with Gasteiger partial charge in [-0.1, -0.05) is 11.6 Å². The standard InChI is InChI=1S/C13H16BBrClFN2O2/c1-14(20)19-3-2-18-5-8-4-10(16)11(15)12(17)13(8)21-7-9(18)6-19/h4,9,20H,2-3,5-7H2,1H3/t9-/m1/s1. The van der Waals surface area contributed by atoms with Crippen LogP contribution in [-0.2, 0) is 6.54 Å². The van der Waals surface area contributed by atoms with Gasteiger partial charge in [-0.2, -0.15) is 0 Å². The van der Waals surface area contributed by atoms with Crippen LogP contribution in [0.15, 0.2) is 10.5 Å². The van der Waals surface area contributed by atoms with Crippen LogP contribution in [0.1, 0.15) is 5.56 Å². The molecule has 1 aromatic carbocycles. The maximum Gasteiger partial charge on any atom is 0.376 e. The predicted molar refractivity (Wildman–Crippen MR) is 84.2 cm³/mol. The summed E-state index contributed by atoms with van der Waals surface area (Å²) in [7, 11) is -0.474. The summed E-state index contributed by atoms with van der Waals surface area (Å²) in [5.74, 6) is -0.158. The molecule has 8 heteroatoms. The third-order valence-electron chi connectivity index (χ3n) is 4.15. The van der Waals surface area contributed by atoms with Crippen LogP contribution in [0.4, 0.5) is 4.39 Å². The molecular weight excluding hydrogens is 361 g/mol. The van der Waals surface area contributed by atoms with E-state index in [4.69, 9.17) is 16.3 Å². The molecule has 0 bridgehead atoms. The predicted octanol–water partition coefficient (Wildman–Crippen LogP) is 2.23.